The normalized spacial score (nSPS) is 13.8. The van der Waals surface area contributed by atoms with Gasteiger partial charge in [-0.1, -0.05) is 0 Å². The minimum Gasteiger partial charge on any atom is -0.493 e. The van der Waals surface area contributed by atoms with Crippen molar-refractivity contribution in [3.63, 3.8) is 0 Å². The maximum absolute atomic E-state index is 12.4. The monoisotopic (exact) mass is 279 g/mol. The Kier molecular flexibility index (Phi) is 4.37. The van der Waals surface area contributed by atoms with Crippen LogP contribution in [0.15, 0.2) is 12.1 Å². The Bertz CT molecular complexity index is 472. The van der Waals surface area contributed by atoms with Gasteiger partial charge in [0, 0.05) is 19.2 Å². The van der Waals surface area contributed by atoms with Crippen LogP contribution in [0.5, 0.6) is 17.2 Å². The molecule has 0 N–H and O–H groups in total. The molecule has 1 aliphatic carbocycles. The lowest BCUT2D eigenvalue weighted by atomic mass is 10.1. The molecule has 1 aromatic carbocycles. The Labute approximate surface area is 119 Å². The number of methoxy groups -OCH3 is 3. The molecule has 1 aromatic rings. The van der Waals surface area contributed by atoms with Gasteiger partial charge in [-0.15, -0.1) is 0 Å². The maximum Gasteiger partial charge on any atom is 0.253 e. The van der Waals surface area contributed by atoms with Gasteiger partial charge < -0.3 is 19.1 Å². The zero-order valence-electron chi connectivity index (χ0n) is 12.4. The molecule has 5 nitrogen and oxygen atoms in total. The van der Waals surface area contributed by atoms with Gasteiger partial charge in [0.2, 0.25) is 5.75 Å². The molecule has 0 saturated heterocycles. The fourth-order valence-electron chi connectivity index (χ4n) is 2.20. The molecule has 0 aromatic heterocycles. The quantitative estimate of drug-likeness (QED) is 0.801. The van der Waals surface area contributed by atoms with Crippen molar-refractivity contribution >= 4 is 5.91 Å². The Morgan fingerprint density at radius 1 is 1.15 bits per heavy atom. The van der Waals surface area contributed by atoms with Crippen LogP contribution in [0.1, 0.15) is 23.2 Å². The lowest BCUT2D eigenvalue weighted by Gasteiger charge is -2.19. The van der Waals surface area contributed by atoms with Crippen LogP contribution < -0.4 is 14.2 Å². The molecule has 20 heavy (non-hydrogen) atoms. The molecule has 5 heteroatoms. The highest BCUT2D eigenvalue weighted by Gasteiger charge is 2.26. The number of rotatable bonds is 6. The molecule has 1 aliphatic rings. The predicted molar refractivity (Wildman–Crippen MR) is 75.8 cm³/mol. The van der Waals surface area contributed by atoms with E-state index in [2.05, 4.69) is 0 Å². The third kappa shape index (κ3) is 2.98. The number of nitrogens with zero attached hydrogens (tertiary/aromatic N) is 1. The molecule has 2 rings (SSSR count). The van der Waals surface area contributed by atoms with Crippen molar-refractivity contribution in [3.8, 4) is 17.2 Å². The first-order valence-electron chi connectivity index (χ1n) is 6.66. The number of carbonyl (C=O) groups excluding carboxylic acids is 1. The van der Waals surface area contributed by atoms with Gasteiger partial charge in [0.05, 0.1) is 21.3 Å². The van der Waals surface area contributed by atoms with Crippen molar-refractivity contribution in [3.05, 3.63) is 17.7 Å². The fraction of sp³-hybridized carbons (Fsp3) is 0.533. The predicted octanol–water partition coefficient (Wildman–Crippen LogP) is 2.19. The average molecular weight is 279 g/mol. The Morgan fingerprint density at radius 3 is 2.10 bits per heavy atom. The lowest BCUT2D eigenvalue weighted by molar-refractivity contribution is 0.0788. The summed E-state index contributed by atoms with van der Waals surface area (Å²) in [5, 5.41) is 0. The molecule has 1 amide bonds. The summed E-state index contributed by atoms with van der Waals surface area (Å²) in [6.45, 7) is 0.801. The summed E-state index contributed by atoms with van der Waals surface area (Å²) >= 11 is 0. The zero-order chi connectivity index (χ0) is 14.7. The van der Waals surface area contributed by atoms with E-state index in [1.54, 1.807) is 38.4 Å². The summed E-state index contributed by atoms with van der Waals surface area (Å²) in [6, 6.07) is 3.38. The maximum atomic E-state index is 12.4. The van der Waals surface area contributed by atoms with E-state index in [-0.39, 0.29) is 5.91 Å². The van der Waals surface area contributed by atoms with Crippen molar-refractivity contribution in [2.24, 2.45) is 5.92 Å². The first-order chi connectivity index (χ1) is 9.60. The Hall–Kier alpha value is -1.91. The number of carbonyl (C=O) groups is 1. The minimum atomic E-state index is -0.0313. The van der Waals surface area contributed by atoms with Crippen molar-refractivity contribution in [1.82, 2.24) is 4.90 Å². The fourth-order valence-corrected chi connectivity index (χ4v) is 2.20. The van der Waals surface area contributed by atoms with Gasteiger partial charge in [0.25, 0.3) is 5.91 Å². The van der Waals surface area contributed by atoms with Crippen LogP contribution in [0, 0.1) is 5.92 Å². The Morgan fingerprint density at radius 2 is 1.70 bits per heavy atom. The molecule has 0 atom stereocenters. The van der Waals surface area contributed by atoms with Crippen LogP contribution in [0.4, 0.5) is 0 Å². The topological polar surface area (TPSA) is 48.0 Å². The van der Waals surface area contributed by atoms with E-state index in [1.807, 2.05) is 7.05 Å². The second-order valence-electron chi connectivity index (χ2n) is 5.04. The largest absolute Gasteiger partial charge is 0.493 e. The van der Waals surface area contributed by atoms with Gasteiger partial charge in [0.1, 0.15) is 0 Å². The van der Waals surface area contributed by atoms with Gasteiger partial charge in [0.15, 0.2) is 11.5 Å². The lowest BCUT2D eigenvalue weighted by Crippen LogP contribution is -2.28. The van der Waals surface area contributed by atoms with E-state index < -0.39 is 0 Å². The molecule has 0 heterocycles. The van der Waals surface area contributed by atoms with E-state index in [9.17, 15) is 4.79 Å². The van der Waals surface area contributed by atoms with E-state index in [1.165, 1.54) is 12.8 Å². The molecule has 0 spiro atoms. The van der Waals surface area contributed by atoms with Crippen molar-refractivity contribution in [2.75, 3.05) is 34.9 Å². The summed E-state index contributed by atoms with van der Waals surface area (Å²) in [6.07, 6.45) is 2.43. The van der Waals surface area contributed by atoms with Gasteiger partial charge in [-0.05, 0) is 30.9 Å². The number of benzene rings is 1. The molecular weight excluding hydrogens is 258 g/mol. The highest BCUT2D eigenvalue weighted by atomic mass is 16.5. The minimum absolute atomic E-state index is 0.0313. The van der Waals surface area contributed by atoms with Crippen LogP contribution in [0.25, 0.3) is 0 Å². The smallest absolute Gasteiger partial charge is 0.253 e. The number of amides is 1. The van der Waals surface area contributed by atoms with Crippen molar-refractivity contribution in [2.45, 2.75) is 12.8 Å². The molecular formula is C15H21NO4. The van der Waals surface area contributed by atoms with Crippen LogP contribution >= 0.6 is 0 Å². The van der Waals surface area contributed by atoms with E-state index in [0.29, 0.717) is 28.7 Å². The van der Waals surface area contributed by atoms with Crippen LogP contribution in [-0.2, 0) is 0 Å². The highest BCUT2D eigenvalue weighted by molar-refractivity contribution is 5.95. The second kappa shape index (κ2) is 6.03. The van der Waals surface area contributed by atoms with Gasteiger partial charge in [-0.2, -0.15) is 0 Å². The first kappa shape index (κ1) is 14.5. The van der Waals surface area contributed by atoms with Gasteiger partial charge in [-0.25, -0.2) is 0 Å². The van der Waals surface area contributed by atoms with Crippen LogP contribution in [0.2, 0.25) is 0 Å². The first-order valence-corrected chi connectivity index (χ1v) is 6.66. The Balaban J connectivity index is 2.28. The molecule has 0 unspecified atom stereocenters. The second-order valence-corrected chi connectivity index (χ2v) is 5.04. The molecule has 1 fully saturated rings. The van der Waals surface area contributed by atoms with Crippen molar-refractivity contribution in [1.29, 1.82) is 0 Å². The average Bonchev–Trinajstić information content (AvgIpc) is 3.28. The summed E-state index contributed by atoms with van der Waals surface area (Å²) in [7, 11) is 6.45. The zero-order valence-corrected chi connectivity index (χ0v) is 12.4. The van der Waals surface area contributed by atoms with Gasteiger partial charge >= 0.3 is 0 Å². The standard InChI is InChI=1S/C15H21NO4/c1-16(9-10-5-6-10)15(17)11-7-12(18-2)14(20-4)13(8-11)19-3/h7-8,10H,5-6,9H2,1-4H3. The van der Waals surface area contributed by atoms with E-state index in [4.69, 9.17) is 14.2 Å². The number of ether oxygens (including phenoxy) is 3. The summed E-state index contributed by atoms with van der Waals surface area (Å²) in [5.74, 6) is 2.11. The third-order valence-corrected chi connectivity index (χ3v) is 3.49. The van der Waals surface area contributed by atoms with Crippen LogP contribution in [-0.4, -0.2) is 45.7 Å². The molecule has 110 valence electrons. The molecule has 1 saturated carbocycles. The van der Waals surface area contributed by atoms with Crippen LogP contribution in [0.3, 0.4) is 0 Å². The van der Waals surface area contributed by atoms with E-state index in [0.717, 1.165) is 6.54 Å². The number of hydrogen-bond acceptors (Lipinski definition) is 4. The summed E-state index contributed by atoms with van der Waals surface area (Å²) in [4.78, 5) is 14.2. The molecule has 0 radical (unpaired) electrons. The van der Waals surface area contributed by atoms with E-state index >= 15 is 0 Å². The summed E-state index contributed by atoms with van der Waals surface area (Å²) in [5.41, 5.74) is 0.544. The summed E-state index contributed by atoms with van der Waals surface area (Å²) < 4.78 is 15.8. The highest BCUT2D eigenvalue weighted by Crippen LogP contribution is 2.38. The van der Waals surface area contributed by atoms with Gasteiger partial charge in [-0.3, -0.25) is 4.79 Å². The van der Waals surface area contributed by atoms with Crippen molar-refractivity contribution < 1.29 is 19.0 Å². The molecule has 0 bridgehead atoms. The number of hydrogen-bond donors (Lipinski definition) is 0. The molecule has 0 aliphatic heterocycles. The third-order valence-electron chi connectivity index (χ3n) is 3.49. The SMILES string of the molecule is COc1cc(C(=O)N(C)CC2CC2)cc(OC)c1OC.